The summed E-state index contributed by atoms with van der Waals surface area (Å²) >= 11 is 0. The third-order valence-electron chi connectivity index (χ3n) is 6.79. The highest BCUT2D eigenvalue weighted by atomic mass is 16.5. The molecule has 0 aliphatic rings. The van der Waals surface area contributed by atoms with Crippen LogP contribution in [0.4, 0.5) is 5.69 Å². The molecule has 38 heavy (non-hydrogen) atoms. The molecule has 9 heteroatoms. The fourth-order valence-electron chi connectivity index (χ4n) is 3.74. The molecule has 0 bridgehead atoms. The van der Waals surface area contributed by atoms with Crippen LogP contribution in [0.3, 0.4) is 0 Å². The molecule has 1 aromatic rings. The fourth-order valence-corrected chi connectivity index (χ4v) is 3.74. The summed E-state index contributed by atoms with van der Waals surface area (Å²) in [4.78, 5) is 58.7. The highest BCUT2D eigenvalue weighted by Gasteiger charge is 2.30. The first-order valence-electron chi connectivity index (χ1n) is 13.4. The Balaban J connectivity index is 2.44. The average Bonchev–Trinajstić information content (AvgIpc) is 2.85. The van der Waals surface area contributed by atoms with Crippen LogP contribution in [0.2, 0.25) is 0 Å². The topological polar surface area (TPSA) is 145 Å². The first-order valence-corrected chi connectivity index (χ1v) is 13.4. The molecule has 1 aromatic carbocycles. The predicted molar refractivity (Wildman–Crippen MR) is 147 cm³/mol. The highest BCUT2D eigenvalue weighted by molar-refractivity contribution is 5.98. The molecule has 2 atom stereocenters. The lowest BCUT2D eigenvalue weighted by molar-refractivity contribution is -0.127. The van der Waals surface area contributed by atoms with Gasteiger partial charge in [-0.05, 0) is 70.6 Å². The highest BCUT2D eigenvalue weighted by Crippen LogP contribution is 2.24. The van der Waals surface area contributed by atoms with Crippen molar-refractivity contribution in [1.29, 1.82) is 0 Å². The number of nitrogens with two attached hydrogens (primary N) is 1. The Morgan fingerprint density at radius 3 is 2.08 bits per heavy atom. The molecule has 0 spiro atoms. The van der Waals surface area contributed by atoms with Gasteiger partial charge in [-0.25, -0.2) is 0 Å². The van der Waals surface area contributed by atoms with E-state index in [9.17, 15) is 24.0 Å². The molecule has 2 unspecified atom stereocenters. The lowest BCUT2D eigenvalue weighted by Gasteiger charge is -2.36. The van der Waals surface area contributed by atoms with E-state index in [1.54, 1.807) is 12.1 Å². The number of hydrogen-bond donors (Lipinski definition) is 3. The van der Waals surface area contributed by atoms with Crippen molar-refractivity contribution in [3.05, 3.63) is 29.8 Å². The van der Waals surface area contributed by atoms with Gasteiger partial charge in [-0.1, -0.05) is 26.0 Å². The van der Waals surface area contributed by atoms with Crippen LogP contribution in [-0.2, 0) is 35.1 Å². The van der Waals surface area contributed by atoms with E-state index in [0.29, 0.717) is 50.8 Å². The Morgan fingerprint density at radius 1 is 0.895 bits per heavy atom. The van der Waals surface area contributed by atoms with E-state index in [1.165, 1.54) is 6.92 Å². The molecule has 0 aliphatic heterocycles. The number of amides is 3. The number of aryl methyl sites for hydroxylation is 1. The molecule has 0 heterocycles. The van der Waals surface area contributed by atoms with Crippen molar-refractivity contribution in [2.75, 3.05) is 11.9 Å². The zero-order valence-electron chi connectivity index (χ0n) is 23.6. The number of Topliss-reactive ketones (excluding diaryl/α,β-unsaturated/α-hetero) is 2. The van der Waals surface area contributed by atoms with Gasteiger partial charge in [-0.3, -0.25) is 24.0 Å². The summed E-state index contributed by atoms with van der Waals surface area (Å²) in [6.07, 6.45) is 3.78. The van der Waals surface area contributed by atoms with Crippen LogP contribution in [0.5, 0.6) is 0 Å². The number of anilines is 1. The molecule has 0 fully saturated rings. The van der Waals surface area contributed by atoms with Gasteiger partial charge in [-0.15, -0.1) is 0 Å². The lowest BCUT2D eigenvalue weighted by atomic mass is 9.94. The van der Waals surface area contributed by atoms with Crippen molar-refractivity contribution in [1.82, 2.24) is 5.32 Å². The summed E-state index contributed by atoms with van der Waals surface area (Å²) in [6, 6.07) is 7.23. The Kier molecular flexibility index (Phi) is 13.9. The molecule has 0 saturated carbocycles. The van der Waals surface area contributed by atoms with Crippen LogP contribution in [-0.4, -0.2) is 47.0 Å². The minimum atomic E-state index is -0.569. The number of ketones is 2. The summed E-state index contributed by atoms with van der Waals surface area (Å²) in [6.45, 7) is 9.53. The van der Waals surface area contributed by atoms with Gasteiger partial charge in [-0.2, -0.15) is 0 Å². The summed E-state index contributed by atoms with van der Waals surface area (Å²) in [5.41, 5.74) is 5.80. The van der Waals surface area contributed by atoms with Crippen LogP contribution >= 0.6 is 0 Å². The maximum Gasteiger partial charge on any atom is 0.224 e. The Bertz CT molecular complexity index is 962. The average molecular weight is 532 g/mol. The molecule has 212 valence electrons. The van der Waals surface area contributed by atoms with Crippen molar-refractivity contribution < 1.29 is 28.7 Å². The molecule has 9 nitrogen and oxygen atoms in total. The van der Waals surface area contributed by atoms with E-state index in [4.69, 9.17) is 10.5 Å². The summed E-state index contributed by atoms with van der Waals surface area (Å²) in [5, 5.41) is 5.86. The van der Waals surface area contributed by atoms with E-state index in [-0.39, 0.29) is 55.0 Å². The number of primary amides is 1. The lowest BCUT2D eigenvalue weighted by Crippen LogP contribution is -2.51. The van der Waals surface area contributed by atoms with E-state index < -0.39 is 11.1 Å². The Labute approximate surface area is 226 Å². The third kappa shape index (κ3) is 13.5. The molecule has 0 aliphatic carbocycles. The number of nitrogens with one attached hydrogen (secondary N) is 2. The summed E-state index contributed by atoms with van der Waals surface area (Å²) < 4.78 is 6.13. The van der Waals surface area contributed by atoms with E-state index in [2.05, 4.69) is 10.6 Å². The smallest absolute Gasteiger partial charge is 0.224 e. The minimum absolute atomic E-state index is 0.0334. The molecule has 4 N–H and O–H groups in total. The van der Waals surface area contributed by atoms with Gasteiger partial charge in [0.15, 0.2) is 0 Å². The van der Waals surface area contributed by atoms with Gasteiger partial charge in [0, 0.05) is 31.4 Å². The number of hydrogen-bond acceptors (Lipinski definition) is 6. The molecular weight excluding hydrogens is 486 g/mol. The van der Waals surface area contributed by atoms with E-state index >= 15 is 0 Å². The van der Waals surface area contributed by atoms with Crippen molar-refractivity contribution >= 4 is 35.0 Å². The zero-order chi connectivity index (χ0) is 28.8. The molecule has 0 aromatic heterocycles. The Hall–Kier alpha value is -3.07. The monoisotopic (exact) mass is 531 g/mol. The van der Waals surface area contributed by atoms with Gasteiger partial charge in [0.2, 0.25) is 17.7 Å². The maximum atomic E-state index is 12.6. The minimum Gasteiger partial charge on any atom is -0.373 e. The van der Waals surface area contributed by atoms with Crippen LogP contribution in [0.1, 0.15) is 98.0 Å². The SMILES string of the molecule is CCC(C)(COC(C)(CC)CCC(N)=O)NC(=O)CCCC(=O)Nc1ccc(CCC(=O)CC(C)=O)cc1. The van der Waals surface area contributed by atoms with Crippen LogP contribution < -0.4 is 16.4 Å². The molecule has 1 rings (SSSR count). The standard InChI is InChI=1S/C29H45N3O6/c1-6-28(4,20-38-29(5,7-2)18-17-25(30)35)32-27(37)10-8-9-26(36)31-23-14-11-22(12-15-23)13-16-24(34)19-21(3)33/h11-12,14-15H,6-10,13,16-20H2,1-5H3,(H2,30,35)(H,31,36)(H,32,37). The van der Waals surface area contributed by atoms with E-state index in [0.717, 1.165) is 5.56 Å². The number of benzene rings is 1. The summed E-state index contributed by atoms with van der Waals surface area (Å²) in [7, 11) is 0. The summed E-state index contributed by atoms with van der Waals surface area (Å²) in [5.74, 6) is -0.907. The first-order chi connectivity index (χ1) is 17.8. The Morgan fingerprint density at radius 2 is 1.53 bits per heavy atom. The van der Waals surface area contributed by atoms with Gasteiger partial charge >= 0.3 is 0 Å². The third-order valence-corrected chi connectivity index (χ3v) is 6.79. The number of carbonyl (C=O) groups is 5. The van der Waals surface area contributed by atoms with Crippen molar-refractivity contribution in [2.45, 2.75) is 110 Å². The second kappa shape index (κ2) is 16.0. The molecule has 3 amide bonds. The van der Waals surface area contributed by atoms with Gasteiger partial charge < -0.3 is 21.1 Å². The predicted octanol–water partition coefficient (Wildman–Crippen LogP) is 4.01. The number of rotatable bonds is 19. The second-order valence-corrected chi connectivity index (χ2v) is 10.5. The maximum absolute atomic E-state index is 12.6. The van der Waals surface area contributed by atoms with Crippen molar-refractivity contribution in [3.8, 4) is 0 Å². The quantitative estimate of drug-likeness (QED) is 0.230. The van der Waals surface area contributed by atoms with Crippen LogP contribution in [0, 0.1) is 0 Å². The van der Waals surface area contributed by atoms with Gasteiger partial charge in [0.25, 0.3) is 0 Å². The van der Waals surface area contributed by atoms with Crippen LogP contribution in [0.15, 0.2) is 24.3 Å². The van der Waals surface area contributed by atoms with Gasteiger partial charge in [0.05, 0.1) is 24.2 Å². The number of ether oxygens (including phenoxy) is 1. The molecule has 0 saturated heterocycles. The molecule has 0 radical (unpaired) electrons. The molecular formula is C29H45N3O6. The fraction of sp³-hybridized carbons (Fsp3) is 0.621. The number of carbonyl (C=O) groups excluding carboxylic acids is 5. The van der Waals surface area contributed by atoms with E-state index in [1.807, 2.05) is 39.8 Å². The normalized spacial score (nSPS) is 14.1. The van der Waals surface area contributed by atoms with Gasteiger partial charge in [0.1, 0.15) is 11.6 Å². The van der Waals surface area contributed by atoms with Crippen LogP contribution in [0.25, 0.3) is 0 Å². The zero-order valence-corrected chi connectivity index (χ0v) is 23.6. The largest absolute Gasteiger partial charge is 0.373 e. The second-order valence-electron chi connectivity index (χ2n) is 10.5. The van der Waals surface area contributed by atoms with Crippen molar-refractivity contribution in [3.63, 3.8) is 0 Å². The van der Waals surface area contributed by atoms with Crippen molar-refractivity contribution in [2.24, 2.45) is 5.73 Å². The first kappa shape index (κ1) is 33.0.